The molecule has 0 aromatic carbocycles. The molecule has 11 rings (SSSR count). The van der Waals surface area contributed by atoms with E-state index in [2.05, 4.69) is 27.7 Å². The van der Waals surface area contributed by atoms with E-state index in [9.17, 15) is 86.8 Å². The Hall–Kier alpha value is -1.16. The van der Waals surface area contributed by atoms with Crippen molar-refractivity contribution in [3.63, 3.8) is 0 Å². The van der Waals surface area contributed by atoms with Gasteiger partial charge in [-0.05, 0) is 85.4 Å². The van der Waals surface area contributed by atoms with Crippen LogP contribution in [0.4, 0.5) is 0 Å². The highest BCUT2D eigenvalue weighted by Gasteiger charge is 2.73. The zero-order valence-electron chi connectivity index (χ0n) is 48.1. The molecule has 7 saturated heterocycles. The van der Waals surface area contributed by atoms with Gasteiger partial charge in [-0.2, -0.15) is 0 Å². The van der Waals surface area contributed by atoms with Crippen molar-refractivity contribution < 1.29 is 144 Å². The molecule has 29 nitrogen and oxygen atoms in total. The first-order chi connectivity index (χ1) is 40.3. The maximum absolute atomic E-state index is 12.3. The molecule has 17 N–H and O–H groups in total. The zero-order valence-corrected chi connectivity index (χ0v) is 48.1. The Bertz CT molecular complexity index is 2220. The normalized spacial score (nSPS) is 58.1. The number of aliphatic hydroxyl groups is 17. The van der Waals surface area contributed by atoms with Crippen LogP contribution in [0, 0.1) is 52.3 Å². The van der Waals surface area contributed by atoms with Crippen molar-refractivity contribution in [3.8, 4) is 0 Å². The summed E-state index contributed by atoms with van der Waals surface area (Å²) in [6.07, 6.45) is -42.5. The molecule has 38 atom stereocenters. The summed E-state index contributed by atoms with van der Waals surface area (Å²) in [5.74, 6) is 0.388. The van der Waals surface area contributed by atoms with Crippen LogP contribution in [0.5, 0.6) is 0 Å². The Morgan fingerprint density at radius 3 is 1.67 bits per heavy atom. The Labute approximate surface area is 491 Å². The summed E-state index contributed by atoms with van der Waals surface area (Å²) < 4.78 is 72.8. The Morgan fingerprint density at radius 1 is 0.447 bits per heavy atom. The Kier molecular flexibility index (Phi) is 19.5. The number of rotatable bonds is 14. The topological polar surface area (TPSA) is 455 Å². The Balaban J connectivity index is 0.797. The minimum Gasteiger partial charge on any atom is -0.394 e. The number of ether oxygens (including phenoxy) is 12. The van der Waals surface area contributed by atoms with E-state index in [0.29, 0.717) is 25.4 Å². The molecule has 3 unspecified atom stereocenters. The number of hydrogen-bond donors (Lipinski definition) is 17. The zero-order chi connectivity index (χ0) is 61.1. The fraction of sp³-hybridized carbons (Fsp3) is 1.00. The molecule has 7 aliphatic heterocycles. The van der Waals surface area contributed by atoms with Gasteiger partial charge in [0.25, 0.3) is 0 Å². The van der Waals surface area contributed by atoms with Crippen molar-refractivity contribution in [3.05, 3.63) is 0 Å². The SMILES string of the molecule is C[C@@H]1CC[C@@]2(OC1)O[C@@H]1C([C@@H]2C)[C@@]2(C)CCC3[C@@H](CC[C@H]4C[C@@H](O[C@@H]5O[C@H](CO)[C@H](O[C@@H]6O[C@H](CO)[C@@H](O)[C@H](O[C@@H]7OC[C@@H](O)[C@H](O)[C@H]7O)C6O[C@@H]6O[C@H](CO)[C@H](O)[C@H](O[C@@H]7O[C@H](CO)[C@@H](O)[C@H](O)[C@H]7O)[C@H]6O)[C@H](O)[C@H]5O)[C@H](O)C[C@]34C)[C@@H]2[C@@H]1O. The lowest BCUT2D eigenvalue weighted by Crippen LogP contribution is -2.69. The summed E-state index contributed by atoms with van der Waals surface area (Å²) in [6.45, 7) is 5.21. The predicted octanol–water partition coefficient (Wildman–Crippen LogP) is -6.50. The second kappa shape index (κ2) is 25.4. The second-order valence-electron chi connectivity index (χ2n) is 26.9. The van der Waals surface area contributed by atoms with E-state index in [1.165, 1.54) is 0 Å². The van der Waals surface area contributed by atoms with Crippen LogP contribution in [0.15, 0.2) is 0 Å². The van der Waals surface area contributed by atoms with Crippen LogP contribution >= 0.6 is 0 Å². The third-order valence-electron chi connectivity index (χ3n) is 22.2. The van der Waals surface area contributed by atoms with Crippen LogP contribution in [0.1, 0.15) is 79.1 Å². The van der Waals surface area contributed by atoms with Gasteiger partial charge in [-0.15, -0.1) is 0 Å². The van der Waals surface area contributed by atoms with Crippen molar-refractivity contribution in [2.45, 2.75) is 257 Å². The van der Waals surface area contributed by atoms with E-state index < -0.39 is 205 Å². The Morgan fingerprint density at radius 2 is 1.01 bits per heavy atom. The third-order valence-corrected chi connectivity index (χ3v) is 22.2. The smallest absolute Gasteiger partial charge is 0.187 e. The van der Waals surface area contributed by atoms with Crippen LogP contribution in [0.3, 0.4) is 0 Å². The highest BCUT2D eigenvalue weighted by molar-refractivity contribution is 5.19. The highest BCUT2D eigenvalue weighted by Crippen LogP contribution is 2.71. The molecule has 4 saturated carbocycles. The molecule has 4 aliphatic carbocycles. The molecule has 0 amide bonds. The van der Waals surface area contributed by atoms with Gasteiger partial charge in [-0.1, -0.05) is 27.7 Å². The van der Waals surface area contributed by atoms with E-state index in [1.54, 1.807) is 0 Å². The van der Waals surface area contributed by atoms with Gasteiger partial charge in [0.05, 0.1) is 64.1 Å². The van der Waals surface area contributed by atoms with Crippen LogP contribution < -0.4 is 0 Å². The fourth-order valence-electron chi connectivity index (χ4n) is 17.4. The van der Waals surface area contributed by atoms with E-state index in [0.717, 1.165) is 38.5 Å². The van der Waals surface area contributed by atoms with Gasteiger partial charge in [-0.25, -0.2) is 0 Å². The van der Waals surface area contributed by atoms with Gasteiger partial charge in [0.1, 0.15) is 116 Å². The summed E-state index contributed by atoms with van der Waals surface area (Å²) in [5, 5.41) is 188. The average Bonchev–Trinajstić information content (AvgIpc) is 1.60. The third kappa shape index (κ3) is 11.3. The molecule has 0 aromatic rings. The van der Waals surface area contributed by atoms with Crippen molar-refractivity contribution in [2.24, 2.45) is 52.3 Å². The van der Waals surface area contributed by atoms with Gasteiger partial charge in [0, 0.05) is 18.3 Å². The standard InChI is InChI=1S/C56H92O29/c1-19-7-10-56(75-17-19)20(2)31-45(85-56)37(67)32-22-6-5-21-11-26(24(61)12-55(21,4)23(22)8-9-54(31,32)3)76-50-42(72)39(69)44(30(16-60)80-50)81-53-48(47(36(66)29(15-59)79-53)83-49-40(70)33(63)25(62)18-74-49)84-52-43(73)46(35(65)28(14-58)78-52)82-51-41(71)38(68)34(64)27(13-57)77-51/h19-53,57-73H,5-18H2,1-4H3/t19-,20+,21+,22-,23?,24-,25-,26-,27-,28-,29-,30-,31?,32-,33+,34-,35+,36-,37+,38+,39-,40-,41-,42-,43-,44+,45-,46+,47+,48?,49+,50-,51+,52+,53+,54-,55+,56-/m1/s1. The summed E-state index contributed by atoms with van der Waals surface area (Å²) in [4.78, 5) is 0. The van der Waals surface area contributed by atoms with Gasteiger partial charge >= 0.3 is 0 Å². The van der Waals surface area contributed by atoms with Crippen molar-refractivity contribution >= 4 is 0 Å². The lowest BCUT2D eigenvalue weighted by molar-refractivity contribution is -0.410. The first-order valence-corrected chi connectivity index (χ1v) is 30.5. The summed E-state index contributed by atoms with van der Waals surface area (Å²) in [7, 11) is 0. The van der Waals surface area contributed by atoms with Crippen molar-refractivity contribution in [1.29, 1.82) is 0 Å². The first kappa shape index (κ1) is 65.3. The molecule has 0 aromatic heterocycles. The number of fused-ring (bicyclic) bond motifs is 7. The molecule has 11 fully saturated rings. The van der Waals surface area contributed by atoms with E-state index in [-0.39, 0.29) is 52.4 Å². The molecule has 0 bridgehead atoms. The highest BCUT2D eigenvalue weighted by atomic mass is 16.8. The van der Waals surface area contributed by atoms with Crippen LogP contribution in [0.25, 0.3) is 0 Å². The predicted molar refractivity (Wildman–Crippen MR) is 278 cm³/mol. The van der Waals surface area contributed by atoms with Gasteiger partial charge in [0.2, 0.25) is 0 Å². The van der Waals surface area contributed by atoms with E-state index in [4.69, 9.17) is 56.8 Å². The maximum Gasteiger partial charge on any atom is 0.187 e. The van der Waals surface area contributed by atoms with Gasteiger partial charge < -0.3 is 144 Å². The molecular weight excluding hydrogens is 1140 g/mol. The number of aliphatic hydroxyl groups excluding tert-OH is 17. The van der Waals surface area contributed by atoms with E-state index >= 15 is 0 Å². The van der Waals surface area contributed by atoms with Crippen LogP contribution in [0.2, 0.25) is 0 Å². The largest absolute Gasteiger partial charge is 0.394 e. The fourth-order valence-corrected chi connectivity index (χ4v) is 17.4. The van der Waals surface area contributed by atoms with Gasteiger partial charge in [0.15, 0.2) is 37.2 Å². The summed E-state index contributed by atoms with van der Waals surface area (Å²) >= 11 is 0. The second-order valence-corrected chi connectivity index (χ2v) is 26.9. The lowest BCUT2D eigenvalue weighted by atomic mass is 9.44. The summed E-state index contributed by atoms with van der Waals surface area (Å²) in [5.41, 5.74) is -0.531. The lowest BCUT2D eigenvalue weighted by Gasteiger charge is -2.62. The average molecular weight is 1230 g/mol. The quantitative estimate of drug-likeness (QED) is 0.0719. The van der Waals surface area contributed by atoms with Crippen LogP contribution in [-0.2, 0) is 56.8 Å². The van der Waals surface area contributed by atoms with Crippen molar-refractivity contribution in [1.82, 2.24) is 0 Å². The minimum absolute atomic E-state index is 0.00749. The molecule has 0 radical (unpaired) electrons. The van der Waals surface area contributed by atoms with Gasteiger partial charge in [-0.3, -0.25) is 0 Å². The van der Waals surface area contributed by atoms with E-state index in [1.807, 2.05) is 0 Å². The minimum atomic E-state index is -2.21. The monoisotopic (exact) mass is 1230 g/mol. The first-order valence-electron chi connectivity index (χ1n) is 30.5. The van der Waals surface area contributed by atoms with Crippen molar-refractivity contribution in [2.75, 3.05) is 39.6 Å². The van der Waals surface area contributed by atoms with Crippen LogP contribution in [-0.4, -0.2) is 304 Å². The molecule has 7 heterocycles. The molecule has 29 heteroatoms. The molecule has 11 aliphatic rings. The molecular formula is C56H92O29. The maximum atomic E-state index is 12.3. The molecule has 1 spiro atoms. The summed E-state index contributed by atoms with van der Waals surface area (Å²) in [6, 6.07) is 0. The molecule has 85 heavy (non-hydrogen) atoms. The number of hydrogen-bond acceptors (Lipinski definition) is 29. The molecule has 490 valence electrons.